The second-order valence-corrected chi connectivity index (χ2v) is 16.9. The maximum atomic E-state index is 16.5. The van der Waals surface area contributed by atoms with E-state index in [-0.39, 0.29) is 59.4 Å². The molecule has 5 aliphatic rings. The number of methoxy groups -OCH3 is 1. The van der Waals surface area contributed by atoms with Gasteiger partial charge >= 0.3 is 5.97 Å². The normalized spacial score (nSPS) is 37.6. The van der Waals surface area contributed by atoms with E-state index in [9.17, 15) is 30.0 Å². The second-order valence-electron chi connectivity index (χ2n) is 16.9. The lowest BCUT2D eigenvalue weighted by Gasteiger charge is -2.47. The lowest BCUT2D eigenvalue weighted by molar-refractivity contribution is -0.314. The third kappa shape index (κ3) is 8.26. The van der Waals surface area contributed by atoms with E-state index >= 15 is 4.39 Å². The Morgan fingerprint density at radius 2 is 1.58 bits per heavy atom. The molecule has 1 aromatic carbocycles. The zero-order chi connectivity index (χ0) is 43.5. The summed E-state index contributed by atoms with van der Waals surface area (Å²) in [5.41, 5.74) is 30.8. The van der Waals surface area contributed by atoms with E-state index in [1.165, 1.54) is 14.0 Å². The van der Waals surface area contributed by atoms with Gasteiger partial charge in [0.15, 0.2) is 24.1 Å². The molecule has 0 radical (unpaired) electrons. The summed E-state index contributed by atoms with van der Waals surface area (Å²) in [6.07, 6.45) is -11.1. The molecule has 5 fully saturated rings. The number of esters is 1. The van der Waals surface area contributed by atoms with Gasteiger partial charge in [-0.3, -0.25) is 4.79 Å². The van der Waals surface area contributed by atoms with E-state index < -0.39 is 109 Å². The van der Waals surface area contributed by atoms with Gasteiger partial charge < -0.3 is 92.3 Å². The molecule has 3 saturated heterocycles. The van der Waals surface area contributed by atoms with Crippen LogP contribution in [0.1, 0.15) is 60.3 Å². The number of benzene rings is 1. The molecule has 336 valence electrons. The van der Waals surface area contributed by atoms with Gasteiger partial charge in [-0.15, -0.1) is 0 Å². The third-order valence-corrected chi connectivity index (χ3v) is 12.6. The van der Waals surface area contributed by atoms with Gasteiger partial charge in [0.05, 0.1) is 42.3 Å². The van der Waals surface area contributed by atoms with E-state index in [0.29, 0.717) is 30.8 Å². The summed E-state index contributed by atoms with van der Waals surface area (Å²) in [6.45, 7) is 6.15. The number of halogens is 1. The van der Waals surface area contributed by atoms with Crippen LogP contribution in [0.3, 0.4) is 0 Å². The topological polar surface area (TPSA) is 321 Å². The number of fused-ring (bicyclic) bond motifs is 1. The number of rotatable bonds is 11. The average Bonchev–Trinajstić information content (AvgIpc) is 4.04. The predicted octanol–water partition coefficient (Wildman–Crippen LogP) is -3.22. The van der Waals surface area contributed by atoms with Gasteiger partial charge in [0.25, 0.3) is 0 Å². The van der Waals surface area contributed by atoms with E-state index in [1.807, 2.05) is 16.4 Å². The van der Waals surface area contributed by atoms with Crippen LogP contribution in [0, 0.1) is 19.7 Å². The number of aliphatic hydroxyl groups excluding tert-OH is 4. The van der Waals surface area contributed by atoms with Gasteiger partial charge in [-0.2, -0.15) is 0 Å². The highest BCUT2D eigenvalue weighted by molar-refractivity contribution is 6.00. The molecule has 2 aromatic rings. The zero-order valence-corrected chi connectivity index (χ0v) is 34.3. The summed E-state index contributed by atoms with van der Waals surface area (Å²) in [4.78, 5) is 30.2. The minimum absolute atomic E-state index is 0.00399. The van der Waals surface area contributed by atoms with E-state index in [4.69, 9.17) is 57.1 Å². The number of pyridine rings is 1. The second kappa shape index (κ2) is 17.9. The van der Waals surface area contributed by atoms with E-state index in [1.54, 1.807) is 6.92 Å². The molecule has 21 heteroatoms. The maximum Gasteiger partial charge on any atom is 0.344 e. The van der Waals surface area contributed by atoms with Gasteiger partial charge in [0.1, 0.15) is 54.5 Å². The van der Waals surface area contributed by atoms with Crippen molar-refractivity contribution >= 4 is 22.6 Å². The predicted molar refractivity (Wildman–Crippen MR) is 214 cm³/mol. The fraction of sp³-hybridized carbons (Fsp3) is 0.744. The van der Waals surface area contributed by atoms with Crippen molar-refractivity contribution in [2.75, 3.05) is 44.8 Å². The summed E-state index contributed by atoms with van der Waals surface area (Å²) < 4.78 is 53.6. The molecular weight excluding hydrogens is 791 g/mol. The molecule has 0 amide bonds. The smallest absolute Gasteiger partial charge is 0.344 e. The number of anilines is 1. The average molecular weight is 853 g/mol. The van der Waals surface area contributed by atoms with Crippen molar-refractivity contribution in [2.45, 2.75) is 144 Å². The first-order chi connectivity index (χ1) is 28.5. The highest BCUT2D eigenvalue weighted by Crippen LogP contribution is 2.46. The molecule has 1 aromatic heterocycles. The van der Waals surface area contributed by atoms with Crippen molar-refractivity contribution in [3.8, 4) is 5.75 Å². The fourth-order valence-electron chi connectivity index (χ4n) is 9.16. The van der Waals surface area contributed by atoms with Crippen LogP contribution in [0.2, 0.25) is 0 Å². The maximum absolute atomic E-state index is 16.5. The summed E-state index contributed by atoms with van der Waals surface area (Å²) in [6, 6.07) is -3.85. The van der Waals surface area contributed by atoms with Crippen LogP contribution in [-0.4, -0.2) is 162 Å². The lowest BCUT2D eigenvalue weighted by atomic mass is 9.84. The Kier molecular flexibility index (Phi) is 13.4. The van der Waals surface area contributed by atoms with Gasteiger partial charge in [0, 0.05) is 61.6 Å². The third-order valence-electron chi connectivity index (χ3n) is 12.6. The Hall–Kier alpha value is -3.13. The molecule has 60 heavy (non-hydrogen) atoms. The summed E-state index contributed by atoms with van der Waals surface area (Å²) in [5.74, 6) is -1.46. The number of carbonyl (C=O) groups excluding carboxylic acids is 1. The molecule has 15 atom stereocenters. The minimum Gasteiger partial charge on any atom is -0.492 e. The van der Waals surface area contributed by atoms with Crippen LogP contribution in [0.5, 0.6) is 5.75 Å². The number of aliphatic hydroxyl groups is 4. The number of hydrogen-bond donors (Lipinski definition) is 10. The summed E-state index contributed by atoms with van der Waals surface area (Å²) >= 11 is 0. The standard InChI is InChI=1S/C39H61FN8O12/c1-14-12-47(8-7-46-14)29-26(40)15(2)24-28(36(29)55-4)48(17-5-6-17)16(3)25(31(24)51)37(54)56-13-23-30(50)27(45)32(52)39(58-23)60-35-19(43)9-18(42)34(33(35)53)59-38-20(44)10-21(49)22(11-41)57-38/h14,17-23,27,30,32-35,38-39,46,49-50,52-53H,5-13,41-45H2,1-4H3/t14?,18-,19+,20+,21-,22+,23+,27-,30+,32+,33-,34+,35-,38+,39+/m0/s1. The van der Waals surface area contributed by atoms with Crippen molar-refractivity contribution in [1.29, 1.82) is 0 Å². The SMILES string of the molecule is COc1c(N2CCNC(C)C2)c(F)c(C)c2c(=O)c(C(=O)OC[C@H]3O[C@H](O[C@@H]4[C@@H](O)[C@H](O[C@H]5O[C@H](CN)[C@@H](O)C[C@H]5N)[C@@H](N)C[C@H]4N)[C@H](O)[C@@H](N)[C@@H]3O)c(C)n(C3CC3)c12. The Morgan fingerprint density at radius 1 is 0.933 bits per heavy atom. The quantitative estimate of drug-likeness (QED) is 0.0995. The van der Waals surface area contributed by atoms with Crippen molar-refractivity contribution in [2.24, 2.45) is 28.7 Å². The zero-order valence-electron chi connectivity index (χ0n) is 34.3. The Bertz CT molecular complexity index is 1960. The van der Waals surface area contributed by atoms with Crippen LogP contribution in [0.4, 0.5) is 10.1 Å². The summed E-state index contributed by atoms with van der Waals surface area (Å²) in [7, 11) is 1.43. The number of hydrogen-bond acceptors (Lipinski definition) is 19. The number of ether oxygens (including phenoxy) is 6. The molecule has 7 rings (SSSR count). The van der Waals surface area contributed by atoms with Crippen molar-refractivity contribution < 1.29 is 58.0 Å². The van der Waals surface area contributed by atoms with Crippen LogP contribution in [0.15, 0.2) is 4.79 Å². The molecular formula is C39H61FN8O12. The van der Waals surface area contributed by atoms with Crippen LogP contribution in [0.25, 0.3) is 10.9 Å². The first-order valence-corrected chi connectivity index (χ1v) is 20.7. The monoisotopic (exact) mass is 852 g/mol. The highest BCUT2D eigenvalue weighted by Gasteiger charge is 2.51. The van der Waals surface area contributed by atoms with Crippen LogP contribution < -0.4 is 49.1 Å². The highest BCUT2D eigenvalue weighted by atomic mass is 19.1. The van der Waals surface area contributed by atoms with Crippen LogP contribution >= 0.6 is 0 Å². The summed E-state index contributed by atoms with van der Waals surface area (Å²) in [5, 5.41) is 47.2. The lowest BCUT2D eigenvalue weighted by Crippen LogP contribution is -2.68. The van der Waals surface area contributed by atoms with Crippen molar-refractivity contribution in [3.63, 3.8) is 0 Å². The molecule has 15 N–H and O–H groups in total. The molecule has 20 nitrogen and oxygen atoms in total. The molecule has 2 saturated carbocycles. The number of carbonyl (C=O) groups is 1. The number of aromatic nitrogens is 1. The molecule has 0 spiro atoms. The Morgan fingerprint density at radius 3 is 2.20 bits per heavy atom. The molecule has 4 heterocycles. The van der Waals surface area contributed by atoms with Gasteiger partial charge in [-0.25, -0.2) is 9.18 Å². The molecule has 3 aliphatic heterocycles. The minimum atomic E-state index is -1.64. The van der Waals surface area contributed by atoms with Crippen molar-refractivity contribution in [1.82, 2.24) is 9.88 Å². The Balaban J connectivity index is 1.11. The molecule has 2 aliphatic carbocycles. The van der Waals surface area contributed by atoms with Crippen LogP contribution in [-0.2, 0) is 23.7 Å². The van der Waals surface area contributed by atoms with Gasteiger partial charge in [-0.05, 0) is 46.5 Å². The van der Waals surface area contributed by atoms with Gasteiger partial charge in [-0.1, -0.05) is 0 Å². The van der Waals surface area contributed by atoms with E-state index in [2.05, 4.69) is 5.32 Å². The fourth-order valence-corrected chi connectivity index (χ4v) is 9.16. The van der Waals surface area contributed by atoms with E-state index in [0.717, 1.165) is 12.8 Å². The number of nitrogens with zero attached hydrogens (tertiary/aromatic N) is 2. The largest absolute Gasteiger partial charge is 0.492 e. The van der Waals surface area contributed by atoms with Gasteiger partial charge in [0.2, 0.25) is 5.43 Å². The number of nitrogens with one attached hydrogen (secondary N) is 1. The molecule has 1 unspecified atom stereocenters. The number of nitrogens with two attached hydrogens (primary N) is 5. The van der Waals surface area contributed by atoms with Crippen molar-refractivity contribution in [3.05, 3.63) is 32.9 Å². The first kappa shape index (κ1) is 44.9. The number of piperazine rings is 1. The number of aryl methyl sites for hydroxylation is 1. The Labute approximate surface area is 346 Å². The molecule has 0 bridgehead atoms. The first-order valence-electron chi connectivity index (χ1n) is 20.7.